The number of hydrogen-bond acceptors (Lipinski definition) is 3. The summed E-state index contributed by atoms with van der Waals surface area (Å²) in [6, 6.07) is 7.38. The van der Waals surface area contributed by atoms with Crippen LogP contribution in [0.1, 0.15) is 49.2 Å². The smallest absolute Gasteiger partial charge is 0.338 e. The molecule has 0 aliphatic heterocycles. The third-order valence-electron chi connectivity index (χ3n) is 2.58. The molecule has 0 spiro atoms. The number of rotatable bonds is 5. The first-order valence-electron chi connectivity index (χ1n) is 6.07. The van der Waals surface area contributed by atoms with Gasteiger partial charge in [0.05, 0.1) is 12.2 Å². The molecule has 0 unspecified atom stereocenters. The SMILES string of the molecule is CCOC(=O)c1ccc([C@H](N)CC(C)C)cc1. The highest BCUT2D eigenvalue weighted by Crippen LogP contribution is 2.19. The fraction of sp³-hybridized carbons (Fsp3) is 0.500. The van der Waals surface area contributed by atoms with Crippen LogP contribution in [0.2, 0.25) is 0 Å². The van der Waals surface area contributed by atoms with Gasteiger partial charge in [-0.05, 0) is 37.0 Å². The van der Waals surface area contributed by atoms with Crippen molar-refractivity contribution < 1.29 is 9.53 Å². The Morgan fingerprint density at radius 1 is 1.29 bits per heavy atom. The summed E-state index contributed by atoms with van der Waals surface area (Å²) >= 11 is 0. The first kappa shape index (κ1) is 13.7. The van der Waals surface area contributed by atoms with E-state index in [4.69, 9.17) is 10.5 Å². The average molecular weight is 235 g/mol. The lowest BCUT2D eigenvalue weighted by atomic mass is 9.97. The Hall–Kier alpha value is -1.35. The largest absolute Gasteiger partial charge is 0.462 e. The van der Waals surface area contributed by atoms with E-state index in [-0.39, 0.29) is 12.0 Å². The summed E-state index contributed by atoms with van der Waals surface area (Å²) in [4.78, 5) is 11.5. The molecule has 94 valence electrons. The summed E-state index contributed by atoms with van der Waals surface area (Å²) < 4.78 is 4.92. The van der Waals surface area contributed by atoms with Gasteiger partial charge in [0.2, 0.25) is 0 Å². The van der Waals surface area contributed by atoms with Gasteiger partial charge in [0.1, 0.15) is 0 Å². The summed E-state index contributed by atoms with van der Waals surface area (Å²) in [7, 11) is 0. The van der Waals surface area contributed by atoms with Gasteiger partial charge in [0.25, 0.3) is 0 Å². The molecule has 0 bridgehead atoms. The van der Waals surface area contributed by atoms with Crippen LogP contribution < -0.4 is 5.73 Å². The van der Waals surface area contributed by atoms with E-state index in [0.717, 1.165) is 12.0 Å². The first-order chi connectivity index (χ1) is 8.04. The zero-order valence-corrected chi connectivity index (χ0v) is 10.8. The lowest BCUT2D eigenvalue weighted by Crippen LogP contribution is -2.13. The summed E-state index contributed by atoms with van der Waals surface area (Å²) in [5.41, 5.74) is 7.70. The van der Waals surface area contributed by atoms with Crippen LogP contribution in [-0.2, 0) is 4.74 Å². The fourth-order valence-electron chi connectivity index (χ4n) is 1.72. The molecular weight excluding hydrogens is 214 g/mol. The Balaban J connectivity index is 2.70. The van der Waals surface area contributed by atoms with E-state index in [1.54, 1.807) is 19.1 Å². The predicted molar refractivity (Wildman–Crippen MR) is 68.8 cm³/mol. The Bertz CT molecular complexity index is 357. The molecular formula is C14H21NO2. The Morgan fingerprint density at radius 2 is 1.88 bits per heavy atom. The summed E-state index contributed by atoms with van der Waals surface area (Å²) in [6.45, 7) is 6.48. The van der Waals surface area contributed by atoms with Crippen LogP contribution in [0.25, 0.3) is 0 Å². The highest BCUT2D eigenvalue weighted by molar-refractivity contribution is 5.89. The number of carbonyl (C=O) groups excluding carboxylic acids is 1. The fourth-order valence-corrected chi connectivity index (χ4v) is 1.72. The van der Waals surface area contributed by atoms with Gasteiger partial charge in [-0.25, -0.2) is 4.79 Å². The number of carbonyl (C=O) groups is 1. The van der Waals surface area contributed by atoms with E-state index in [1.807, 2.05) is 12.1 Å². The second-order valence-corrected chi connectivity index (χ2v) is 4.58. The number of ether oxygens (including phenoxy) is 1. The van der Waals surface area contributed by atoms with Crippen LogP contribution in [0.15, 0.2) is 24.3 Å². The molecule has 0 amide bonds. The minimum atomic E-state index is -0.281. The third kappa shape index (κ3) is 4.19. The van der Waals surface area contributed by atoms with Crippen LogP contribution in [0.4, 0.5) is 0 Å². The molecule has 2 N–H and O–H groups in total. The molecule has 0 saturated heterocycles. The standard InChI is InChI=1S/C14H21NO2/c1-4-17-14(16)12-7-5-11(6-8-12)13(15)9-10(2)3/h5-8,10,13H,4,9,15H2,1-3H3/t13-/m1/s1. The minimum Gasteiger partial charge on any atom is -0.462 e. The van der Waals surface area contributed by atoms with Crippen LogP contribution in [0.5, 0.6) is 0 Å². The molecule has 0 fully saturated rings. The lowest BCUT2D eigenvalue weighted by molar-refractivity contribution is 0.0526. The van der Waals surface area contributed by atoms with Gasteiger partial charge in [-0.1, -0.05) is 26.0 Å². The van der Waals surface area contributed by atoms with Gasteiger partial charge < -0.3 is 10.5 Å². The van der Waals surface area contributed by atoms with Crippen LogP contribution >= 0.6 is 0 Å². The van der Waals surface area contributed by atoms with E-state index >= 15 is 0 Å². The van der Waals surface area contributed by atoms with E-state index in [9.17, 15) is 4.79 Å². The molecule has 1 aromatic rings. The summed E-state index contributed by atoms with van der Waals surface area (Å²) in [5, 5.41) is 0. The molecule has 0 aromatic heterocycles. The van der Waals surface area contributed by atoms with Crippen molar-refractivity contribution in [3.05, 3.63) is 35.4 Å². The quantitative estimate of drug-likeness (QED) is 0.798. The molecule has 1 aromatic carbocycles. The molecule has 1 atom stereocenters. The van der Waals surface area contributed by atoms with Crippen molar-refractivity contribution in [2.24, 2.45) is 11.7 Å². The number of hydrogen-bond donors (Lipinski definition) is 1. The zero-order valence-electron chi connectivity index (χ0n) is 10.8. The molecule has 0 aliphatic rings. The second kappa shape index (κ2) is 6.40. The molecule has 3 nitrogen and oxygen atoms in total. The maximum Gasteiger partial charge on any atom is 0.338 e. The maximum atomic E-state index is 11.5. The molecule has 0 saturated carbocycles. The lowest BCUT2D eigenvalue weighted by Gasteiger charge is -2.14. The topological polar surface area (TPSA) is 52.3 Å². The summed E-state index contributed by atoms with van der Waals surface area (Å²) in [6.07, 6.45) is 0.943. The molecule has 17 heavy (non-hydrogen) atoms. The second-order valence-electron chi connectivity index (χ2n) is 4.58. The van der Waals surface area contributed by atoms with E-state index < -0.39 is 0 Å². The molecule has 1 rings (SSSR count). The van der Waals surface area contributed by atoms with Crippen molar-refractivity contribution in [3.8, 4) is 0 Å². The molecule has 0 radical (unpaired) electrons. The van der Waals surface area contributed by atoms with Crippen molar-refractivity contribution in [1.82, 2.24) is 0 Å². The highest BCUT2D eigenvalue weighted by Gasteiger charge is 2.10. The number of esters is 1. The van der Waals surface area contributed by atoms with Crippen molar-refractivity contribution in [2.45, 2.75) is 33.2 Å². The number of nitrogens with two attached hydrogens (primary N) is 1. The van der Waals surface area contributed by atoms with Gasteiger partial charge in [0.15, 0.2) is 0 Å². The van der Waals surface area contributed by atoms with Gasteiger partial charge in [-0.3, -0.25) is 0 Å². The van der Waals surface area contributed by atoms with Crippen molar-refractivity contribution in [1.29, 1.82) is 0 Å². The number of benzene rings is 1. The zero-order chi connectivity index (χ0) is 12.8. The van der Waals surface area contributed by atoms with E-state index in [2.05, 4.69) is 13.8 Å². The van der Waals surface area contributed by atoms with Gasteiger partial charge >= 0.3 is 5.97 Å². The summed E-state index contributed by atoms with van der Waals surface area (Å²) in [5.74, 6) is 0.284. The molecule has 0 aliphatic carbocycles. The monoisotopic (exact) mass is 235 g/mol. The molecule has 3 heteroatoms. The predicted octanol–water partition coefficient (Wildman–Crippen LogP) is 2.91. The first-order valence-corrected chi connectivity index (χ1v) is 6.07. The minimum absolute atomic E-state index is 0.0336. The van der Waals surface area contributed by atoms with Gasteiger partial charge in [-0.2, -0.15) is 0 Å². The van der Waals surface area contributed by atoms with Gasteiger partial charge in [-0.15, -0.1) is 0 Å². The van der Waals surface area contributed by atoms with Crippen LogP contribution in [0.3, 0.4) is 0 Å². The van der Waals surface area contributed by atoms with E-state index in [1.165, 1.54) is 0 Å². The van der Waals surface area contributed by atoms with Crippen molar-refractivity contribution >= 4 is 5.97 Å². The normalized spacial score (nSPS) is 12.5. The van der Waals surface area contributed by atoms with Gasteiger partial charge in [0, 0.05) is 6.04 Å². The highest BCUT2D eigenvalue weighted by atomic mass is 16.5. The maximum absolute atomic E-state index is 11.5. The average Bonchev–Trinajstić information content (AvgIpc) is 2.28. The van der Waals surface area contributed by atoms with Crippen molar-refractivity contribution in [3.63, 3.8) is 0 Å². The van der Waals surface area contributed by atoms with E-state index in [0.29, 0.717) is 18.1 Å². The Kier molecular flexibility index (Phi) is 5.16. The Labute approximate surface area is 103 Å². The molecule has 0 heterocycles. The van der Waals surface area contributed by atoms with Crippen LogP contribution in [0, 0.1) is 5.92 Å². The van der Waals surface area contributed by atoms with Crippen molar-refractivity contribution in [2.75, 3.05) is 6.61 Å². The van der Waals surface area contributed by atoms with Crippen LogP contribution in [-0.4, -0.2) is 12.6 Å². The Morgan fingerprint density at radius 3 is 2.35 bits per heavy atom. The third-order valence-corrected chi connectivity index (χ3v) is 2.58.